The fourth-order valence-corrected chi connectivity index (χ4v) is 13.6. The highest BCUT2D eigenvalue weighted by Gasteiger charge is 2.25. The molecule has 0 saturated carbocycles. The van der Waals surface area contributed by atoms with Gasteiger partial charge in [-0.25, -0.2) is 24.9 Å². The van der Waals surface area contributed by atoms with Crippen LogP contribution in [0.15, 0.2) is 137 Å². The lowest BCUT2D eigenvalue weighted by Crippen LogP contribution is -2.24. The zero-order valence-electron chi connectivity index (χ0n) is 76.8. The molecule has 16 nitrogen and oxygen atoms in total. The summed E-state index contributed by atoms with van der Waals surface area (Å²) in [5, 5.41) is 30.8. The molecule has 3 aromatic carbocycles. The number of hydrogen-bond donors (Lipinski definition) is 0. The van der Waals surface area contributed by atoms with Gasteiger partial charge in [-0.05, 0) is 134 Å². The number of benzene rings is 3. The number of thiazole rings is 5. The normalized spacial score (nSPS) is 12.1. The number of ether oxygens (including phenoxy) is 5. The monoisotopic (exact) mass is 1640 g/mol. The average molecular weight is 1650 g/mol. The van der Waals surface area contributed by atoms with E-state index < -0.39 is 0 Å². The van der Waals surface area contributed by atoms with Crippen LogP contribution in [0.5, 0.6) is 23.0 Å². The minimum absolute atomic E-state index is 0.0174. The predicted octanol–water partition coefficient (Wildman–Crippen LogP) is 27.1. The summed E-state index contributed by atoms with van der Waals surface area (Å²) in [6.07, 6.45) is 13.3. The minimum Gasteiger partial charge on any atom is -0.493 e. The van der Waals surface area contributed by atoms with E-state index in [1.165, 1.54) is 37.5 Å². The first-order valence-electron chi connectivity index (χ1n) is 39.2. The van der Waals surface area contributed by atoms with E-state index >= 15 is 0 Å². The Bertz CT molecular complexity index is 4180. The molecule has 0 saturated heterocycles. The predicted molar refractivity (Wildman–Crippen MR) is 489 cm³/mol. The molecule has 628 valence electrons. The van der Waals surface area contributed by atoms with Crippen LogP contribution in [0.3, 0.4) is 0 Å². The number of hydrogen-bond acceptors (Lipinski definition) is 18. The number of fused-ring (bicyclic) bond motifs is 2. The second kappa shape index (κ2) is 44.8. The molecule has 8 aromatic heterocycles. The molecular formula is C92H145N11O5S5. The highest BCUT2D eigenvalue weighted by atomic mass is 32.1. The Balaban J connectivity index is 0.000000430. The van der Waals surface area contributed by atoms with Gasteiger partial charge in [0.05, 0.1) is 74.8 Å². The van der Waals surface area contributed by atoms with Crippen LogP contribution >= 0.6 is 56.7 Å². The van der Waals surface area contributed by atoms with Crippen molar-refractivity contribution in [2.75, 3.05) is 34.7 Å². The van der Waals surface area contributed by atoms with E-state index in [1.807, 2.05) is 74.4 Å². The molecule has 0 amide bonds. The van der Waals surface area contributed by atoms with Gasteiger partial charge in [0.2, 0.25) is 6.79 Å². The van der Waals surface area contributed by atoms with Crippen molar-refractivity contribution in [2.45, 2.75) is 310 Å². The van der Waals surface area contributed by atoms with Gasteiger partial charge in [-0.1, -0.05) is 209 Å². The standard InChI is InChI=1S/C14H19NO2.C11H14N2S2.C11H19NS.C11H14O2.C10H17NS.C10H14.C7H12N2.C7H11NS.C6H11N3.C3H8O.C2H6/c1-14(2,3)15-8-10-6-12(16-4)13(17-5)7-11(10)9-15;1-7-12-8(5-14-7)10-13-9(6-15-10)11(2,3)4;1-10(2,3)8-7-13-9(12-8)11(4,5)6;1-11(2,3)8-4-5-9-10(6-8)13-7-12-9;1-7(2)8-6-12-9(11-8)10(3,4)5;1-10(2,3)9-7-5-4-6-8-9;1-7(2,3)9-6-4-5-8-9;1-7(2,3)6-8-4-5-9-6;1-6(2,3)9-7-4-5-8-9;1-3-4-2;1-2/h6-9H,1-5H3;5-6H,1-4H3;7H,1-6H3;4-6H,7H2,1-3H3;6-7H,1-5H3;4-8H,1-3H3;4-6H,1-3H3;2*4-5H,1-3H3;3H2,1-2H3;1-2H3. The highest BCUT2D eigenvalue weighted by molar-refractivity contribution is 7.14. The summed E-state index contributed by atoms with van der Waals surface area (Å²) in [6.45, 7) is 78.7. The van der Waals surface area contributed by atoms with Gasteiger partial charge in [0.25, 0.3) is 0 Å². The molecule has 9 heterocycles. The van der Waals surface area contributed by atoms with Crippen LogP contribution in [0.1, 0.15) is 296 Å². The van der Waals surface area contributed by atoms with Crippen LogP contribution in [-0.2, 0) is 59.3 Å². The zero-order chi connectivity index (χ0) is 86.5. The molecule has 0 N–H and O–H groups in total. The summed E-state index contributed by atoms with van der Waals surface area (Å²) in [7, 11) is 4.99. The average Bonchev–Trinajstić information content (AvgIpc) is 1.67. The summed E-state index contributed by atoms with van der Waals surface area (Å²) in [5.74, 6) is 3.82. The summed E-state index contributed by atoms with van der Waals surface area (Å²) in [4.78, 5) is 24.2. The maximum atomic E-state index is 5.31. The summed E-state index contributed by atoms with van der Waals surface area (Å²) >= 11 is 8.61. The summed E-state index contributed by atoms with van der Waals surface area (Å²) < 4.78 is 29.8. The number of aromatic nitrogens is 11. The van der Waals surface area contributed by atoms with Crippen molar-refractivity contribution >= 4 is 67.5 Å². The Morgan fingerprint density at radius 2 is 0.938 bits per heavy atom. The topological polar surface area (TPSA) is 164 Å². The molecule has 113 heavy (non-hydrogen) atoms. The number of nitrogens with zero attached hydrogens (tertiary/aromatic N) is 11. The van der Waals surface area contributed by atoms with Crippen LogP contribution in [0, 0.1) is 6.92 Å². The molecule has 0 bridgehead atoms. The van der Waals surface area contributed by atoms with E-state index in [1.54, 1.807) is 101 Å². The molecule has 0 fully saturated rings. The van der Waals surface area contributed by atoms with Gasteiger partial charge in [0, 0.05) is 115 Å². The van der Waals surface area contributed by atoms with Crippen molar-refractivity contribution in [3.63, 3.8) is 0 Å². The SMILES string of the molecule is CC.CC(C)(C)c1ccc2c(c1)OCO2.CC(C)(C)c1ccccc1.CC(C)(C)c1csc(C(C)(C)C)n1.CC(C)(C)c1nccs1.CC(C)(C)n1cccn1.CC(C)(C)n1nccn1.CC(C)c1csc(C(C)(C)C)n1.CCOC.COc1cc2cn(C(C)(C)C)cc2cc1OC.Cc1nc(-c2nc(C(C)(C)C)cs2)cs1. The van der Waals surface area contributed by atoms with Crippen LogP contribution in [0.25, 0.3) is 21.5 Å². The Labute approximate surface area is 703 Å². The molecule has 0 unspecified atom stereocenters. The van der Waals surface area contributed by atoms with Gasteiger partial charge in [0.15, 0.2) is 23.0 Å². The van der Waals surface area contributed by atoms with Crippen molar-refractivity contribution in [1.29, 1.82) is 0 Å². The molecule has 0 spiro atoms. The first kappa shape index (κ1) is 102. The number of rotatable bonds is 5. The summed E-state index contributed by atoms with van der Waals surface area (Å²) in [6, 6.07) is 22.6. The largest absolute Gasteiger partial charge is 0.493 e. The van der Waals surface area contributed by atoms with E-state index in [0.717, 1.165) is 61.8 Å². The number of methoxy groups -OCH3 is 3. The molecule has 0 atom stereocenters. The maximum Gasteiger partial charge on any atom is 0.231 e. The van der Waals surface area contributed by atoms with E-state index in [-0.39, 0.29) is 49.1 Å². The van der Waals surface area contributed by atoms with E-state index in [2.05, 4.69) is 347 Å². The second-order valence-electron chi connectivity index (χ2n) is 37.4. The van der Waals surface area contributed by atoms with Crippen molar-refractivity contribution < 1.29 is 23.7 Å². The van der Waals surface area contributed by atoms with Crippen LogP contribution in [-0.4, -0.2) is 89.0 Å². The number of aryl methyl sites for hydroxylation is 1. The lowest BCUT2D eigenvalue weighted by molar-refractivity contribution is 0.174. The first-order chi connectivity index (χ1) is 51.9. The van der Waals surface area contributed by atoms with Gasteiger partial charge in [-0.2, -0.15) is 20.1 Å². The fraction of sp³-hybridized carbons (Fsp3) is 0.565. The lowest BCUT2D eigenvalue weighted by Gasteiger charge is -2.20. The third-order valence-corrected chi connectivity index (χ3v) is 21.5. The van der Waals surface area contributed by atoms with Crippen LogP contribution in [0.4, 0.5) is 0 Å². The van der Waals surface area contributed by atoms with E-state index in [9.17, 15) is 0 Å². The van der Waals surface area contributed by atoms with Gasteiger partial charge in [-0.3, -0.25) is 4.68 Å². The fourth-order valence-electron chi connectivity index (χ4n) is 9.04. The smallest absolute Gasteiger partial charge is 0.231 e. The summed E-state index contributed by atoms with van der Waals surface area (Å²) in [5.41, 5.74) is 8.89. The molecule has 0 radical (unpaired) electrons. The van der Waals surface area contributed by atoms with E-state index in [4.69, 9.17) is 18.9 Å². The Morgan fingerprint density at radius 3 is 1.26 bits per heavy atom. The third-order valence-electron chi connectivity index (χ3n) is 16.2. The van der Waals surface area contributed by atoms with Gasteiger partial charge >= 0.3 is 0 Å². The molecule has 21 heteroatoms. The maximum absolute atomic E-state index is 5.31. The van der Waals surface area contributed by atoms with Gasteiger partial charge < -0.3 is 28.3 Å². The van der Waals surface area contributed by atoms with Crippen molar-refractivity contribution in [2.24, 2.45) is 0 Å². The highest BCUT2D eigenvalue weighted by Crippen LogP contribution is 2.38. The van der Waals surface area contributed by atoms with Crippen molar-refractivity contribution in [3.8, 4) is 33.7 Å². The van der Waals surface area contributed by atoms with Crippen molar-refractivity contribution in [1.82, 2.24) is 54.3 Å². The first-order valence-corrected chi connectivity index (χ1v) is 43.6. The molecule has 0 aliphatic carbocycles. The molecule has 1 aliphatic heterocycles. The quantitative estimate of drug-likeness (QED) is 0.160. The molecule has 1 aliphatic rings. The zero-order valence-corrected chi connectivity index (χ0v) is 80.9. The Hall–Kier alpha value is -7.14. The Morgan fingerprint density at radius 1 is 0.451 bits per heavy atom. The van der Waals surface area contributed by atoms with Crippen molar-refractivity contribution in [3.05, 3.63) is 185 Å². The minimum atomic E-state index is 0.0174. The van der Waals surface area contributed by atoms with Crippen LogP contribution < -0.4 is 18.9 Å². The van der Waals surface area contributed by atoms with Gasteiger partial charge in [0.1, 0.15) is 10.7 Å². The van der Waals surface area contributed by atoms with Crippen LogP contribution in [0.2, 0.25) is 0 Å². The van der Waals surface area contributed by atoms with Gasteiger partial charge in [-0.15, -0.1) is 56.7 Å². The molecular weight excluding hydrogens is 1500 g/mol. The van der Waals surface area contributed by atoms with E-state index in [0.29, 0.717) is 18.1 Å². The Kier molecular flexibility index (Phi) is 40.4. The lowest BCUT2D eigenvalue weighted by atomic mass is 9.87. The third kappa shape index (κ3) is 36.7. The second-order valence-corrected chi connectivity index (χ2v) is 42.0. The molecule has 12 rings (SSSR count). The molecule has 11 aromatic rings.